The van der Waals surface area contributed by atoms with Gasteiger partial charge in [0.05, 0.1) is 6.61 Å². The van der Waals surface area contributed by atoms with E-state index >= 15 is 0 Å². The first kappa shape index (κ1) is 12.4. The lowest BCUT2D eigenvalue weighted by Crippen LogP contribution is -2.37. The molecule has 3 N–H and O–H groups in total. The van der Waals surface area contributed by atoms with Gasteiger partial charge >= 0.3 is 11.8 Å². The first-order valence-corrected chi connectivity index (χ1v) is 5.99. The number of aryl methyl sites for hydroxylation is 1. The van der Waals surface area contributed by atoms with Gasteiger partial charge in [-0.1, -0.05) is 12.1 Å². The van der Waals surface area contributed by atoms with E-state index in [9.17, 15) is 9.59 Å². The van der Waals surface area contributed by atoms with Crippen LogP contribution in [0.5, 0.6) is 5.75 Å². The second-order valence-electron chi connectivity index (χ2n) is 4.26. The van der Waals surface area contributed by atoms with Crippen LogP contribution in [0, 0.1) is 0 Å². The van der Waals surface area contributed by atoms with Crippen LogP contribution >= 0.6 is 0 Å². The molecule has 0 saturated carbocycles. The molecule has 0 aliphatic carbocycles. The highest BCUT2D eigenvalue weighted by Gasteiger charge is 2.11. The van der Waals surface area contributed by atoms with Gasteiger partial charge in [-0.25, -0.2) is 0 Å². The number of nitrogens with one attached hydrogen (secondary N) is 1. The second kappa shape index (κ2) is 5.53. The van der Waals surface area contributed by atoms with Crippen molar-refractivity contribution in [1.29, 1.82) is 0 Å². The average molecular weight is 248 g/mol. The SMILES string of the molecule is NC(=O)C(=O)NCCc1ccc2c(c1)CCCO2. The number of ether oxygens (including phenoxy) is 1. The van der Waals surface area contributed by atoms with Crippen molar-refractivity contribution < 1.29 is 14.3 Å². The van der Waals surface area contributed by atoms with Gasteiger partial charge in [-0.05, 0) is 36.5 Å². The van der Waals surface area contributed by atoms with Gasteiger partial charge in [-0.2, -0.15) is 0 Å². The van der Waals surface area contributed by atoms with Crippen molar-refractivity contribution in [3.8, 4) is 5.75 Å². The Morgan fingerprint density at radius 2 is 2.22 bits per heavy atom. The molecule has 1 aliphatic rings. The van der Waals surface area contributed by atoms with Crippen LogP contribution in [-0.4, -0.2) is 25.0 Å². The van der Waals surface area contributed by atoms with E-state index in [0.717, 1.165) is 30.8 Å². The number of carbonyl (C=O) groups excluding carboxylic acids is 2. The Morgan fingerprint density at radius 3 is 3.00 bits per heavy atom. The monoisotopic (exact) mass is 248 g/mol. The number of hydrogen-bond donors (Lipinski definition) is 2. The summed E-state index contributed by atoms with van der Waals surface area (Å²) in [6.45, 7) is 1.18. The summed E-state index contributed by atoms with van der Waals surface area (Å²) in [4.78, 5) is 21.5. The minimum atomic E-state index is -0.950. The van der Waals surface area contributed by atoms with E-state index in [1.807, 2.05) is 12.1 Å². The van der Waals surface area contributed by atoms with Gasteiger partial charge in [-0.15, -0.1) is 0 Å². The largest absolute Gasteiger partial charge is 0.493 e. The van der Waals surface area contributed by atoms with Gasteiger partial charge in [0.25, 0.3) is 0 Å². The van der Waals surface area contributed by atoms with Gasteiger partial charge in [0.2, 0.25) is 0 Å². The van der Waals surface area contributed by atoms with Crippen molar-refractivity contribution in [1.82, 2.24) is 5.32 Å². The van der Waals surface area contributed by atoms with Crippen molar-refractivity contribution in [2.45, 2.75) is 19.3 Å². The summed E-state index contributed by atoms with van der Waals surface area (Å²) >= 11 is 0. The molecule has 0 radical (unpaired) electrons. The number of benzene rings is 1. The molecule has 0 aromatic heterocycles. The maximum absolute atomic E-state index is 11.0. The number of nitrogens with two attached hydrogens (primary N) is 1. The molecule has 5 heteroatoms. The lowest BCUT2D eigenvalue weighted by Gasteiger charge is -2.17. The lowest BCUT2D eigenvalue weighted by molar-refractivity contribution is -0.137. The highest BCUT2D eigenvalue weighted by molar-refractivity contribution is 6.34. The van der Waals surface area contributed by atoms with Crippen LogP contribution in [0.25, 0.3) is 0 Å². The van der Waals surface area contributed by atoms with Crippen LogP contribution < -0.4 is 15.8 Å². The molecule has 1 aliphatic heterocycles. The van der Waals surface area contributed by atoms with E-state index in [1.54, 1.807) is 0 Å². The minimum absolute atomic E-state index is 0.404. The molecule has 2 rings (SSSR count). The standard InChI is InChI=1S/C13H16N2O3/c14-12(16)13(17)15-6-5-9-3-4-11-10(8-9)2-1-7-18-11/h3-4,8H,1-2,5-7H2,(H2,14,16)(H,15,17). The topological polar surface area (TPSA) is 81.4 Å². The third-order valence-corrected chi connectivity index (χ3v) is 2.90. The molecule has 0 saturated heterocycles. The Balaban J connectivity index is 1.90. The van der Waals surface area contributed by atoms with E-state index in [-0.39, 0.29) is 0 Å². The summed E-state index contributed by atoms with van der Waals surface area (Å²) < 4.78 is 5.52. The zero-order chi connectivity index (χ0) is 13.0. The number of primary amides is 1. The normalized spacial score (nSPS) is 13.3. The molecule has 5 nitrogen and oxygen atoms in total. The Kier molecular flexibility index (Phi) is 3.82. The number of hydrogen-bond acceptors (Lipinski definition) is 3. The van der Waals surface area contributed by atoms with Crippen LogP contribution in [0.15, 0.2) is 18.2 Å². The molecule has 2 amide bonds. The number of rotatable bonds is 3. The summed E-state index contributed by atoms with van der Waals surface area (Å²) in [5.74, 6) is -0.740. The molecule has 1 aromatic rings. The van der Waals surface area contributed by atoms with Crippen LogP contribution in [0.1, 0.15) is 17.5 Å². The summed E-state index contributed by atoms with van der Waals surface area (Å²) in [6, 6.07) is 6.02. The van der Waals surface area contributed by atoms with E-state index in [1.165, 1.54) is 5.56 Å². The molecule has 1 heterocycles. The first-order chi connectivity index (χ1) is 8.66. The number of fused-ring (bicyclic) bond motifs is 1. The molecule has 0 unspecified atom stereocenters. The fourth-order valence-corrected chi connectivity index (χ4v) is 1.98. The Hall–Kier alpha value is -2.04. The van der Waals surface area contributed by atoms with Crippen molar-refractivity contribution >= 4 is 11.8 Å². The predicted octanol–water partition coefficient (Wildman–Crippen LogP) is 0.156. The smallest absolute Gasteiger partial charge is 0.309 e. The Labute approximate surface area is 105 Å². The summed E-state index contributed by atoms with van der Waals surface area (Å²) in [5, 5.41) is 2.47. The summed E-state index contributed by atoms with van der Waals surface area (Å²) in [6.07, 6.45) is 2.73. The van der Waals surface area contributed by atoms with Crippen LogP contribution in [0.3, 0.4) is 0 Å². The average Bonchev–Trinajstić information content (AvgIpc) is 2.38. The first-order valence-electron chi connectivity index (χ1n) is 5.99. The van der Waals surface area contributed by atoms with Crippen molar-refractivity contribution in [2.75, 3.05) is 13.2 Å². The molecule has 0 bridgehead atoms. The van der Waals surface area contributed by atoms with E-state index < -0.39 is 11.8 Å². The molecule has 96 valence electrons. The van der Waals surface area contributed by atoms with Crippen LogP contribution in [0.2, 0.25) is 0 Å². The highest BCUT2D eigenvalue weighted by atomic mass is 16.5. The van der Waals surface area contributed by atoms with Crippen molar-refractivity contribution in [3.63, 3.8) is 0 Å². The fraction of sp³-hybridized carbons (Fsp3) is 0.385. The quantitative estimate of drug-likeness (QED) is 0.747. The van der Waals surface area contributed by atoms with E-state index in [4.69, 9.17) is 10.5 Å². The maximum atomic E-state index is 11.0. The summed E-state index contributed by atoms with van der Waals surface area (Å²) in [5.41, 5.74) is 7.16. The lowest BCUT2D eigenvalue weighted by atomic mass is 10.0. The molecule has 1 aromatic carbocycles. The second-order valence-corrected chi connectivity index (χ2v) is 4.26. The Bertz CT molecular complexity index is 471. The van der Waals surface area contributed by atoms with Crippen LogP contribution in [0.4, 0.5) is 0 Å². The van der Waals surface area contributed by atoms with Crippen molar-refractivity contribution in [2.24, 2.45) is 5.73 Å². The third kappa shape index (κ3) is 3.00. The van der Waals surface area contributed by atoms with E-state index in [2.05, 4.69) is 11.4 Å². The van der Waals surface area contributed by atoms with Gasteiger partial charge in [0.15, 0.2) is 0 Å². The van der Waals surface area contributed by atoms with Crippen LogP contribution in [-0.2, 0) is 22.4 Å². The molecular formula is C13H16N2O3. The van der Waals surface area contributed by atoms with Crippen molar-refractivity contribution in [3.05, 3.63) is 29.3 Å². The fourth-order valence-electron chi connectivity index (χ4n) is 1.98. The molecule has 0 atom stereocenters. The minimum Gasteiger partial charge on any atom is -0.493 e. The zero-order valence-electron chi connectivity index (χ0n) is 10.1. The number of amides is 2. The van der Waals surface area contributed by atoms with E-state index in [0.29, 0.717) is 13.0 Å². The maximum Gasteiger partial charge on any atom is 0.309 e. The highest BCUT2D eigenvalue weighted by Crippen LogP contribution is 2.25. The summed E-state index contributed by atoms with van der Waals surface area (Å²) in [7, 11) is 0. The molecule has 0 spiro atoms. The van der Waals surface area contributed by atoms with Gasteiger partial charge in [0.1, 0.15) is 5.75 Å². The molecule has 0 fully saturated rings. The van der Waals surface area contributed by atoms with Gasteiger partial charge in [-0.3, -0.25) is 9.59 Å². The molecule has 18 heavy (non-hydrogen) atoms. The predicted molar refractivity (Wildman–Crippen MR) is 66.2 cm³/mol. The Morgan fingerprint density at radius 1 is 1.39 bits per heavy atom. The third-order valence-electron chi connectivity index (χ3n) is 2.90. The van der Waals surface area contributed by atoms with Gasteiger partial charge in [0, 0.05) is 6.54 Å². The molecular weight excluding hydrogens is 232 g/mol. The zero-order valence-corrected chi connectivity index (χ0v) is 10.1. The number of carbonyl (C=O) groups is 2. The van der Waals surface area contributed by atoms with Gasteiger partial charge < -0.3 is 15.8 Å².